The average Bonchev–Trinajstić information content (AvgIpc) is 3.33. The maximum Gasteiger partial charge on any atom is 0.336 e. The van der Waals surface area contributed by atoms with Crippen molar-refractivity contribution in [3.8, 4) is 5.75 Å². The lowest BCUT2D eigenvalue weighted by Crippen LogP contribution is -2.39. The van der Waals surface area contributed by atoms with Crippen molar-refractivity contribution in [3.63, 3.8) is 0 Å². The zero-order valence-corrected chi connectivity index (χ0v) is 24.4. The van der Waals surface area contributed by atoms with Gasteiger partial charge in [0.05, 0.1) is 17.7 Å². The molecular weight excluding hydrogens is 514 g/mol. The lowest BCUT2D eigenvalue weighted by molar-refractivity contribution is 0.0699. The molecule has 1 aromatic heterocycles. The first-order chi connectivity index (χ1) is 18.3. The highest BCUT2D eigenvalue weighted by Crippen LogP contribution is 2.33. The van der Waals surface area contributed by atoms with E-state index in [1.165, 1.54) is 18.8 Å². The van der Waals surface area contributed by atoms with E-state index in [1.807, 2.05) is 12.1 Å². The zero-order chi connectivity index (χ0) is 27.2. The molecule has 4 rings (SSSR count). The third-order valence-electron chi connectivity index (χ3n) is 7.66. The number of aromatic carboxylic acids is 1. The van der Waals surface area contributed by atoms with Gasteiger partial charge in [-0.05, 0) is 79.3 Å². The van der Waals surface area contributed by atoms with Crippen molar-refractivity contribution in [1.82, 2.24) is 4.90 Å². The number of piperidine rings is 1. The van der Waals surface area contributed by atoms with Crippen LogP contribution in [0.5, 0.6) is 5.75 Å². The summed E-state index contributed by atoms with van der Waals surface area (Å²) in [4.78, 5) is 28.3. The van der Waals surface area contributed by atoms with Crippen LogP contribution in [0.25, 0.3) is 11.0 Å². The third kappa shape index (κ3) is 7.03. The molecule has 39 heavy (non-hydrogen) atoms. The van der Waals surface area contributed by atoms with Crippen molar-refractivity contribution >= 4 is 35.1 Å². The van der Waals surface area contributed by atoms with Crippen LogP contribution in [-0.2, 0) is 12.8 Å². The smallest absolute Gasteiger partial charge is 0.336 e. The van der Waals surface area contributed by atoms with E-state index in [0.717, 1.165) is 80.5 Å². The average molecular weight is 556 g/mol. The number of ketones is 1. The second-order valence-corrected chi connectivity index (χ2v) is 10.9. The number of furan rings is 1. The minimum absolute atomic E-state index is 0. The Morgan fingerprint density at radius 3 is 2.41 bits per heavy atom. The Kier molecular flexibility index (Phi) is 11.0. The first kappa shape index (κ1) is 30.7. The molecule has 0 unspecified atom stereocenters. The molecule has 3 aromatic rings. The van der Waals surface area contributed by atoms with Gasteiger partial charge in [-0.3, -0.25) is 4.79 Å². The van der Waals surface area contributed by atoms with Crippen molar-refractivity contribution in [1.29, 1.82) is 0 Å². The quantitative estimate of drug-likeness (QED) is 0.185. The second-order valence-electron chi connectivity index (χ2n) is 10.9. The molecule has 0 saturated carbocycles. The van der Waals surface area contributed by atoms with Crippen LogP contribution in [0.15, 0.2) is 41.0 Å². The van der Waals surface area contributed by atoms with Crippen LogP contribution in [-0.4, -0.2) is 48.0 Å². The summed E-state index contributed by atoms with van der Waals surface area (Å²) in [6, 6.07) is 8.58. The van der Waals surface area contributed by atoms with Crippen molar-refractivity contribution in [2.45, 2.75) is 66.2 Å². The van der Waals surface area contributed by atoms with Crippen LogP contribution in [0.3, 0.4) is 0 Å². The lowest BCUT2D eigenvalue weighted by atomic mass is 9.89. The van der Waals surface area contributed by atoms with Gasteiger partial charge in [0.1, 0.15) is 17.6 Å². The number of likely N-dealkylation sites (tertiary alicyclic amines) is 1. The summed E-state index contributed by atoms with van der Waals surface area (Å²) >= 11 is 0. The molecule has 0 spiro atoms. The predicted octanol–water partition coefficient (Wildman–Crippen LogP) is 7.44. The highest BCUT2D eigenvalue weighted by Gasteiger charge is 2.25. The van der Waals surface area contributed by atoms with E-state index < -0.39 is 5.97 Å². The van der Waals surface area contributed by atoms with Gasteiger partial charge in [0.2, 0.25) is 0 Å². The third-order valence-corrected chi connectivity index (χ3v) is 7.66. The maximum absolute atomic E-state index is 13.8. The van der Waals surface area contributed by atoms with E-state index in [4.69, 9.17) is 9.15 Å². The Balaban J connectivity index is 0.00000420. The minimum Gasteiger partial charge on any atom is -0.493 e. The Morgan fingerprint density at radius 1 is 1.00 bits per heavy atom. The molecule has 1 saturated heterocycles. The van der Waals surface area contributed by atoms with Gasteiger partial charge in [0.25, 0.3) is 0 Å². The summed E-state index contributed by atoms with van der Waals surface area (Å²) in [5.41, 5.74) is 3.42. The number of carbonyl (C=O) groups is 2. The Bertz CT molecular complexity index is 1270. The van der Waals surface area contributed by atoms with Crippen LogP contribution in [0.4, 0.5) is 0 Å². The summed E-state index contributed by atoms with van der Waals surface area (Å²) in [5, 5.41) is 10.1. The molecule has 1 fully saturated rings. The molecule has 0 aliphatic carbocycles. The number of halogens is 1. The first-order valence-corrected chi connectivity index (χ1v) is 14.1. The molecule has 6 nitrogen and oxygen atoms in total. The van der Waals surface area contributed by atoms with Crippen LogP contribution in [0.1, 0.15) is 90.8 Å². The number of carbonyl (C=O) groups excluding carboxylic acids is 1. The Morgan fingerprint density at radius 2 is 1.74 bits per heavy atom. The zero-order valence-electron chi connectivity index (χ0n) is 23.6. The van der Waals surface area contributed by atoms with Crippen molar-refractivity contribution in [2.24, 2.45) is 11.8 Å². The van der Waals surface area contributed by atoms with Crippen LogP contribution in [0, 0.1) is 11.8 Å². The van der Waals surface area contributed by atoms with E-state index >= 15 is 0 Å². The molecular formula is C32H42ClNO5. The number of hydrogen-bond acceptors (Lipinski definition) is 5. The molecule has 1 N–H and O–H groups in total. The fourth-order valence-corrected chi connectivity index (χ4v) is 6.07. The fourth-order valence-electron chi connectivity index (χ4n) is 6.07. The summed E-state index contributed by atoms with van der Waals surface area (Å²) < 4.78 is 11.9. The monoisotopic (exact) mass is 555 g/mol. The van der Waals surface area contributed by atoms with E-state index in [9.17, 15) is 14.7 Å². The number of hydrogen-bond donors (Lipinski definition) is 1. The summed E-state index contributed by atoms with van der Waals surface area (Å²) in [6.45, 7) is 12.9. The molecule has 1 aliphatic heterocycles. The van der Waals surface area contributed by atoms with Gasteiger partial charge >= 0.3 is 5.97 Å². The topological polar surface area (TPSA) is 80.0 Å². The minimum atomic E-state index is -1.08. The summed E-state index contributed by atoms with van der Waals surface area (Å²) in [6.07, 6.45) is 7.14. The SMILES string of the molecule is CCCCc1c(C(=O)c2coc3cccc(C(=O)O)c23)ccc(OCCCN2C[C@H](C)C[C@H](C)C2)c1CC.Cl. The normalized spacial score (nSPS) is 17.6. The Hall–Kier alpha value is -2.83. The fraction of sp³-hybridized carbons (Fsp3) is 0.500. The van der Waals surface area contributed by atoms with Gasteiger partial charge in [0.15, 0.2) is 5.78 Å². The number of carboxylic acid groups (broad SMARTS) is 1. The second kappa shape index (κ2) is 14.0. The highest BCUT2D eigenvalue weighted by molar-refractivity contribution is 6.20. The van der Waals surface area contributed by atoms with Crippen molar-refractivity contribution < 1.29 is 23.8 Å². The molecule has 1 aliphatic rings. The van der Waals surface area contributed by atoms with Gasteiger partial charge in [0, 0.05) is 30.6 Å². The number of carboxylic acids is 1. The van der Waals surface area contributed by atoms with Crippen LogP contribution >= 0.6 is 12.4 Å². The molecule has 2 heterocycles. The number of ether oxygens (including phenoxy) is 1. The summed E-state index contributed by atoms with van der Waals surface area (Å²) in [7, 11) is 0. The maximum atomic E-state index is 13.8. The molecule has 0 amide bonds. The van der Waals surface area contributed by atoms with Gasteiger partial charge < -0.3 is 19.2 Å². The number of nitrogens with zero attached hydrogens (tertiary/aromatic N) is 1. The number of benzene rings is 2. The number of rotatable bonds is 12. The van der Waals surface area contributed by atoms with Gasteiger partial charge in [-0.15, -0.1) is 12.4 Å². The molecule has 7 heteroatoms. The van der Waals surface area contributed by atoms with Gasteiger partial charge in [-0.25, -0.2) is 4.79 Å². The Labute approximate surface area is 238 Å². The van der Waals surface area contributed by atoms with E-state index in [0.29, 0.717) is 23.1 Å². The van der Waals surface area contributed by atoms with Gasteiger partial charge in [-0.1, -0.05) is 40.2 Å². The molecule has 2 aromatic carbocycles. The van der Waals surface area contributed by atoms with Crippen molar-refractivity contribution in [2.75, 3.05) is 26.2 Å². The molecule has 0 radical (unpaired) electrons. The van der Waals surface area contributed by atoms with Gasteiger partial charge in [-0.2, -0.15) is 0 Å². The predicted molar refractivity (Wildman–Crippen MR) is 158 cm³/mol. The number of fused-ring (bicyclic) bond motifs is 1. The summed E-state index contributed by atoms with van der Waals surface area (Å²) in [5.74, 6) is 1.05. The molecule has 212 valence electrons. The first-order valence-electron chi connectivity index (χ1n) is 14.1. The lowest BCUT2D eigenvalue weighted by Gasteiger charge is -2.34. The largest absolute Gasteiger partial charge is 0.493 e. The van der Waals surface area contributed by atoms with Crippen LogP contribution < -0.4 is 4.74 Å². The van der Waals surface area contributed by atoms with E-state index in [2.05, 4.69) is 32.6 Å². The van der Waals surface area contributed by atoms with E-state index in [-0.39, 0.29) is 29.3 Å². The molecule has 2 atom stereocenters. The van der Waals surface area contributed by atoms with Crippen LogP contribution in [0.2, 0.25) is 0 Å². The standard InChI is InChI=1S/C32H41NO5.ClH/c1-5-7-10-24-23(6-2)28(37-16-9-15-33-18-21(3)17-22(4)19-33)14-13-25(24)31(34)27-20-38-29-12-8-11-26(30(27)29)32(35)36;/h8,11-14,20-22H,5-7,9-10,15-19H2,1-4H3,(H,35,36);1H/t21-,22+;. The van der Waals surface area contributed by atoms with Crippen molar-refractivity contribution in [3.05, 3.63) is 64.4 Å². The highest BCUT2D eigenvalue weighted by atomic mass is 35.5. The number of unbranched alkanes of at least 4 members (excludes halogenated alkanes) is 1. The van der Waals surface area contributed by atoms with E-state index in [1.54, 1.807) is 12.1 Å². The molecule has 0 bridgehead atoms.